The Kier molecular flexibility index (Phi) is 5.82. The minimum atomic E-state index is -4.75. The third-order valence-electron chi connectivity index (χ3n) is 4.73. The fraction of sp³-hybridized carbons (Fsp3) is 0.389. The van der Waals surface area contributed by atoms with E-state index in [-0.39, 0.29) is 21.4 Å². The molecule has 2 N–H and O–H groups in total. The molecule has 1 aromatic heterocycles. The number of aromatic nitrogens is 2. The molecular formula is C18H17Cl2F3N4O2. The van der Waals surface area contributed by atoms with E-state index in [2.05, 4.69) is 9.97 Å². The number of hydrogen-bond acceptors (Lipinski definition) is 5. The van der Waals surface area contributed by atoms with Gasteiger partial charge in [-0.2, -0.15) is 13.2 Å². The second kappa shape index (κ2) is 7.87. The van der Waals surface area contributed by atoms with Gasteiger partial charge in [0.2, 0.25) is 0 Å². The van der Waals surface area contributed by atoms with Crippen molar-refractivity contribution >= 4 is 35.1 Å². The van der Waals surface area contributed by atoms with Gasteiger partial charge in [-0.25, -0.2) is 9.78 Å². The molecule has 2 heterocycles. The van der Waals surface area contributed by atoms with Crippen molar-refractivity contribution in [3.8, 4) is 11.3 Å². The molecule has 2 aromatic rings. The summed E-state index contributed by atoms with van der Waals surface area (Å²) in [7, 11) is 0. The van der Waals surface area contributed by atoms with Gasteiger partial charge in [0, 0.05) is 31.5 Å². The lowest BCUT2D eigenvalue weighted by Crippen LogP contribution is -2.46. The zero-order valence-electron chi connectivity index (χ0n) is 15.3. The molecule has 3 rings (SSSR count). The summed E-state index contributed by atoms with van der Waals surface area (Å²) in [6, 6.07) is 4.37. The molecule has 29 heavy (non-hydrogen) atoms. The van der Waals surface area contributed by atoms with E-state index in [0.717, 1.165) is 0 Å². The predicted molar refractivity (Wildman–Crippen MR) is 103 cm³/mol. The SMILES string of the molecule is CC1(OC(N)=O)CCN(c2cnc(-c3cccc(Cl)c3Cl)c(C(F)(F)F)n2)CC1. The number of ether oxygens (including phenoxy) is 1. The molecular weight excluding hydrogens is 432 g/mol. The average Bonchev–Trinajstić information content (AvgIpc) is 2.63. The van der Waals surface area contributed by atoms with Crippen molar-refractivity contribution in [1.82, 2.24) is 9.97 Å². The van der Waals surface area contributed by atoms with Crippen LogP contribution in [-0.4, -0.2) is 34.8 Å². The quantitative estimate of drug-likeness (QED) is 0.719. The molecule has 0 spiro atoms. The zero-order valence-corrected chi connectivity index (χ0v) is 16.8. The highest BCUT2D eigenvalue weighted by Gasteiger charge is 2.39. The molecule has 156 valence electrons. The maximum atomic E-state index is 13.7. The highest BCUT2D eigenvalue weighted by Crippen LogP contribution is 2.40. The summed E-state index contributed by atoms with van der Waals surface area (Å²) in [5.74, 6) is 0.0698. The highest BCUT2D eigenvalue weighted by molar-refractivity contribution is 6.43. The average molecular weight is 449 g/mol. The largest absolute Gasteiger partial charge is 0.443 e. The van der Waals surface area contributed by atoms with Crippen LogP contribution in [0.5, 0.6) is 0 Å². The molecule has 0 aliphatic carbocycles. The third-order valence-corrected chi connectivity index (χ3v) is 5.55. The fourth-order valence-corrected chi connectivity index (χ4v) is 3.56. The van der Waals surface area contributed by atoms with Crippen molar-refractivity contribution < 1.29 is 22.7 Å². The number of carbonyl (C=O) groups excluding carboxylic acids is 1. The van der Waals surface area contributed by atoms with Gasteiger partial charge in [0.15, 0.2) is 5.69 Å². The lowest BCUT2D eigenvalue weighted by Gasteiger charge is -2.38. The number of piperidine rings is 1. The Hall–Kier alpha value is -2.26. The molecule has 1 saturated heterocycles. The van der Waals surface area contributed by atoms with E-state index in [1.165, 1.54) is 24.4 Å². The van der Waals surface area contributed by atoms with Crippen LogP contribution in [-0.2, 0) is 10.9 Å². The zero-order chi connectivity index (χ0) is 21.4. The van der Waals surface area contributed by atoms with E-state index in [1.807, 2.05) is 0 Å². The van der Waals surface area contributed by atoms with Gasteiger partial charge in [0.05, 0.1) is 16.2 Å². The van der Waals surface area contributed by atoms with Gasteiger partial charge in [-0.15, -0.1) is 0 Å². The Morgan fingerprint density at radius 1 is 1.28 bits per heavy atom. The summed E-state index contributed by atoms with van der Waals surface area (Å²) >= 11 is 12.0. The third kappa shape index (κ3) is 4.67. The van der Waals surface area contributed by atoms with Gasteiger partial charge in [0.1, 0.15) is 17.1 Å². The minimum absolute atomic E-state index is 0.0287. The Balaban J connectivity index is 1.94. The summed E-state index contributed by atoms with van der Waals surface area (Å²) < 4.78 is 46.2. The standard InChI is InChI=1S/C18H17Cl2F3N4O2/c1-17(29-16(24)28)5-7-27(8-6-17)12-9-25-14(15(26-12)18(21,22)23)10-3-2-4-11(19)13(10)20/h2-4,9H,5-8H2,1H3,(H2,24,28). The van der Waals surface area contributed by atoms with Gasteiger partial charge in [-0.1, -0.05) is 35.3 Å². The van der Waals surface area contributed by atoms with E-state index < -0.39 is 29.3 Å². The van der Waals surface area contributed by atoms with E-state index in [9.17, 15) is 18.0 Å². The first-order valence-corrected chi connectivity index (χ1v) is 9.38. The second-order valence-electron chi connectivity index (χ2n) is 6.88. The van der Waals surface area contributed by atoms with Gasteiger partial charge in [-0.05, 0) is 13.0 Å². The molecule has 1 fully saturated rings. The summed E-state index contributed by atoms with van der Waals surface area (Å²) in [5.41, 5.74) is 2.81. The minimum Gasteiger partial charge on any atom is -0.443 e. The second-order valence-corrected chi connectivity index (χ2v) is 7.67. The Bertz CT molecular complexity index is 932. The van der Waals surface area contributed by atoms with Crippen molar-refractivity contribution in [2.45, 2.75) is 31.5 Å². The number of halogens is 5. The van der Waals surface area contributed by atoms with Crippen LogP contribution in [0.3, 0.4) is 0 Å². The smallest absolute Gasteiger partial charge is 0.435 e. The van der Waals surface area contributed by atoms with Crippen LogP contribution in [0.4, 0.5) is 23.8 Å². The maximum absolute atomic E-state index is 13.7. The molecule has 1 amide bonds. The molecule has 1 aromatic carbocycles. The maximum Gasteiger partial charge on any atom is 0.435 e. The molecule has 1 aliphatic rings. The molecule has 0 unspecified atom stereocenters. The number of carbonyl (C=O) groups is 1. The molecule has 6 nitrogen and oxygen atoms in total. The van der Waals surface area contributed by atoms with E-state index in [0.29, 0.717) is 25.9 Å². The number of amides is 1. The van der Waals surface area contributed by atoms with Crippen LogP contribution >= 0.6 is 23.2 Å². The molecule has 0 bridgehead atoms. The summed E-state index contributed by atoms with van der Waals surface area (Å²) in [5, 5.41) is 0.0898. The van der Waals surface area contributed by atoms with E-state index in [1.54, 1.807) is 11.8 Å². The number of rotatable bonds is 3. The van der Waals surface area contributed by atoms with E-state index in [4.69, 9.17) is 33.7 Å². The number of primary amides is 1. The number of nitrogens with two attached hydrogens (primary N) is 1. The summed E-state index contributed by atoms with van der Waals surface area (Å²) in [6.07, 6.45) is -3.59. The normalized spacial score (nSPS) is 16.6. The van der Waals surface area contributed by atoms with Crippen molar-refractivity contribution in [3.63, 3.8) is 0 Å². The predicted octanol–water partition coefficient (Wildman–Crippen LogP) is 4.92. The fourth-order valence-electron chi connectivity index (χ4n) is 3.17. The number of benzene rings is 1. The van der Waals surface area contributed by atoms with Gasteiger partial charge >= 0.3 is 12.3 Å². The van der Waals surface area contributed by atoms with Crippen LogP contribution in [0.15, 0.2) is 24.4 Å². The Morgan fingerprint density at radius 2 is 1.93 bits per heavy atom. The van der Waals surface area contributed by atoms with Crippen molar-refractivity contribution in [3.05, 3.63) is 40.1 Å². The van der Waals surface area contributed by atoms with Crippen molar-refractivity contribution in [2.24, 2.45) is 5.73 Å². The first-order chi connectivity index (χ1) is 13.5. The molecule has 0 saturated carbocycles. The summed E-state index contributed by atoms with van der Waals surface area (Å²) in [6.45, 7) is 2.38. The van der Waals surface area contributed by atoms with Gasteiger partial charge < -0.3 is 15.4 Å². The van der Waals surface area contributed by atoms with Crippen LogP contribution in [0, 0.1) is 0 Å². The Morgan fingerprint density at radius 3 is 2.52 bits per heavy atom. The van der Waals surface area contributed by atoms with Crippen LogP contribution in [0.2, 0.25) is 10.0 Å². The van der Waals surface area contributed by atoms with Gasteiger partial charge in [-0.3, -0.25) is 4.98 Å². The van der Waals surface area contributed by atoms with Crippen LogP contribution < -0.4 is 10.6 Å². The van der Waals surface area contributed by atoms with Crippen LogP contribution in [0.1, 0.15) is 25.5 Å². The van der Waals surface area contributed by atoms with E-state index >= 15 is 0 Å². The lowest BCUT2D eigenvalue weighted by atomic mass is 9.93. The number of hydrogen-bond donors (Lipinski definition) is 1. The number of nitrogens with zero attached hydrogens (tertiary/aromatic N) is 3. The van der Waals surface area contributed by atoms with Crippen molar-refractivity contribution in [1.29, 1.82) is 0 Å². The monoisotopic (exact) mass is 448 g/mol. The number of anilines is 1. The molecule has 0 atom stereocenters. The van der Waals surface area contributed by atoms with Crippen LogP contribution in [0.25, 0.3) is 11.3 Å². The first-order valence-electron chi connectivity index (χ1n) is 8.62. The topological polar surface area (TPSA) is 81.3 Å². The molecule has 11 heteroatoms. The highest BCUT2D eigenvalue weighted by atomic mass is 35.5. The Labute approximate surface area is 174 Å². The lowest BCUT2D eigenvalue weighted by molar-refractivity contribution is -0.140. The van der Waals surface area contributed by atoms with Crippen molar-refractivity contribution in [2.75, 3.05) is 18.0 Å². The summed E-state index contributed by atoms with van der Waals surface area (Å²) in [4.78, 5) is 20.5. The first kappa shape index (κ1) is 21.4. The van der Waals surface area contributed by atoms with Gasteiger partial charge in [0.25, 0.3) is 0 Å². The number of alkyl halides is 3. The molecule has 0 radical (unpaired) electrons. The molecule has 1 aliphatic heterocycles.